The number of nitrogens with one attached hydrogen (secondary N) is 1. The number of aromatic nitrogens is 6. The minimum absolute atomic E-state index is 0.0659. The first-order chi connectivity index (χ1) is 27.5. The van der Waals surface area contributed by atoms with Gasteiger partial charge in [-0.05, 0) is 50.7 Å². The van der Waals surface area contributed by atoms with Crippen molar-refractivity contribution in [2.24, 2.45) is 0 Å². The molecule has 7 rings (SSSR count). The molecule has 59 heavy (non-hydrogen) atoms. The molecule has 2 aliphatic carbocycles. The first-order valence-corrected chi connectivity index (χ1v) is 17.6. The van der Waals surface area contributed by atoms with Crippen molar-refractivity contribution in [3.8, 4) is 23.2 Å². The number of carboxylic acids is 2. The molecule has 1 amide bonds. The monoisotopic (exact) mass is 847 g/mol. The van der Waals surface area contributed by atoms with Crippen LogP contribution in [0.25, 0.3) is 22.3 Å². The van der Waals surface area contributed by atoms with Gasteiger partial charge in [-0.25, -0.2) is 24.5 Å². The zero-order valence-corrected chi connectivity index (χ0v) is 30.6. The highest BCUT2D eigenvalue weighted by Crippen LogP contribution is 2.39. The van der Waals surface area contributed by atoms with Crippen LogP contribution in [0.5, 0.6) is 5.88 Å². The molecule has 15 nitrogen and oxygen atoms in total. The van der Waals surface area contributed by atoms with Crippen LogP contribution in [0.15, 0.2) is 43.1 Å². The molecule has 5 heterocycles. The van der Waals surface area contributed by atoms with Gasteiger partial charge in [-0.3, -0.25) is 14.4 Å². The fourth-order valence-corrected chi connectivity index (χ4v) is 6.62. The van der Waals surface area contributed by atoms with E-state index < -0.39 is 47.6 Å². The predicted octanol–water partition coefficient (Wildman–Crippen LogP) is 6.05. The summed E-state index contributed by atoms with van der Waals surface area (Å²) >= 11 is 0. The molecular weight excluding hydrogens is 813 g/mol. The number of likely N-dealkylation sites (tertiary alicyclic amines) is 1. The van der Waals surface area contributed by atoms with Crippen LogP contribution in [0.1, 0.15) is 61.0 Å². The van der Waals surface area contributed by atoms with Crippen LogP contribution in [-0.4, -0.2) is 118 Å². The Labute approximate surface area is 327 Å². The first-order valence-electron chi connectivity index (χ1n) is 17.6. The zero-order chi connectivity index (χ0) is 43.5. The fraction of sp³-hybridized carbons (Fsp3) is 0.486. The van der Waals surface area contributed by atoms with Gasteiger partial charge < -0.3 is 24.8 Å². The van der Waals surface area contributed by atoms with Crippen molar-refractivity contribution < 1.29 is 68.8 Å². The third-order valence-electron chi connectivity index (χ3n) is 9.79. The number of rotatable bonds is 8. The Morgan fingerprint density at radius 2 is 1.58 bits per heavy atom. The largest absolute Gasteiger partial charge is 0.490 e. The average molecular weight is 848 g/mol. The van der Waals surface area contributed by atoms with Crippen molar-refractivity contribution in [2.75, 3.05) is 20.1 Å². The van der Waals surface area contributed by atoms with Gasteiger partial charge in [0.15, 0.2) is 0 Å². The summed E-state index contributed by atoms with van der Waals surface area (Å²) in [6, 6.07) is 6.71. The summed E-state index contributed by atoms with van der Waals surface area (Å²) in [5, 5.41) is 29.5. The molecule has 0 bridgehead atoms. The van der Waals surface area contributed by atoms with Crippen molar-refractivity contribution in [3.05, 3.63) is 54.4 Å². The number of hydrogen-bond acceptors (Lipinski definition) is 10. The van der Waals surface area contributed by atoms with Crippen molar-refractivity contribution in [2.45, 2.75) is 87.2 Å². The molecule has 0 radical (unpaired) electrons. The summed E-state index contributed by atoms with van der Waals surface area (Å²) in [6.45, 7) is 1.33. The lowest BCUT2D eigenvalue weighted by Crippen LogP contribution is -2.65. The molecule has 3 fully saturated rings. The number of fused-ring (bicyclic) bond motifs is 1. The SMILES string of the molecule is CN(C(=O)c1cc(O[C@H]2CC[C@@H](N3CC(CC#N)(n4cc(-c5ncnc6[nH]ccc56)cn4)C3)CC2)nc(C(F)(F)F)c1)C1CC1.O=C(O)C(F)(F)F.O=C(O)C(F)(F)F. The van der Waals surface area contributed by atoms with E-state index >= 15 is 0 Å². The molecule has 3 aliphatic rings. The van der Waals surface area contributed by atoms with Crippen LogP contribution in [0.2, 0.25) is 0 Å². The molecule has 0 unspecified atom stereocenters. The molecule has 4 aromatic rings. The van der Waals surface area contributed by atoms with E-state index in [1.165, 1.54) is 17.3 Å². The zero-order valence-electron chi connectivity index (χ0n) is 30.6. The van der Waals surface area contributed by atoms with E-state index in [-0.39, 0.29) is 29.6 Å². The van der Waals surface area contributed by atoms with Crippen LogP contribution >= 0.6 is 0 Å². The van der Waals surface area contributed by atoms with Gasteiger partial charge in [-0.15, -0.1) is 0 Å². The Balaban J connectivity index is 0.000000407. The van der Waals surface area contributed by atoms with E-state index in [4.69, 9.17) is 24.5 Å². The molecule has 24 heteroatoms. The third-order valence-corrected chi connectivity index (χ3v) is 9.79. The maximum Gasteiger partial charge on any atom is 0.490 e. The number of carbonyl (C=O) groups is 3. The number of alkyl halides is 9. The summed E-state index contributed by atoms with van der Waals surface area (Å²) in [7, 11) is 1.61. The number of carboxylic acid groups (broad SMARTS) is 2. The number of pyridine rings is 1. The molecule has 4 aromatic heterocycles. The number of hydrogen-bond donors (Lipinski definition) is 3. The quantitative estimate of drug-likeness (QED) is 0.174. The lowest BCUT2D eigenvalue weighted by atomic mass is 9.82. The van der Waals surface area contributed by atoms with Crippen LogP contribution < -0.4 is 4.74 Å². The van der Waals surface area contributed by atoms with Gasteiger partial charge >= 0.3 is 30.5 Å². The number of carbonyl (C=O) groups excluding carboxylic acids is 1. The molecule has 3 N–H and O–H groups in total. The van der Waals surface area contributed by atoms with E-state index in [0.29, 0.717) is 32.4 Å². The van der Waals surface area contributed by atoms with Crippen LogP contribution in [0.4, 0.5) is 39.5 Å². The summed E-state index contributed by atoms with van der Waals surface area (Å²) in [4.78, 5) is 50.0. The molecular formula is C35H34F9N9O6. The lowest BCUT2D eigenvalue weighted by Gasteiger charge is -2.53. The van der Waals surface area contributed by atoms with Gasteiger partial charge in [-0.2, -0.15) is 49.9 Å². The topological polar surface area (TPSA) is 203 Å². The Bertz CT molecular complexity index is 2160. The highest BCUT2D eigenvalue weighted by Gasteiger charge is 2.48. The van der Waals surface area contributed by atoms with Gasteiger partial charge in [0, 0.05) is 67.2 Å². The third kappa shape index (κ3) is 10.7. The Hall–Kier alpha value is -5.99. The predicted molar refractivity (Wildman–Crippen MR) is 183 cm³/mol. The van der Waals surface area contributed by atoms with E-state index in [1.54, 1.807) is 13.2 Å². The average Bonchev–Trinajstić information content (AvgIpc) is 3.67. The Kier molecular flexibility index (Phi) is 12.8. The maximum absolute atomic E-state index is 13.6. The van der Waals surface area contributed by atoms with Crippen molar-refractivity contribution >= 4 is 28.9 Å². The maximum atomic E-state index is 13.6. The van der Waals surface area contributed by atoms with Gasteiger partial charge in [0.1, 0.15) is 29.3 Å². The Morgan fingerprint density at radius 1 is 0.966 bits per heavy atom. The van der Waals surface area contributed by atoms with Crippen LogP contribution in [0.3, 0.4) is 0 Å². The molecule has 0 aromatic carbocycles. The highest BCUT2D eigenvalue weighted by molar-refractivity contribution is 5.95. The van der Waals surface area contributed by atoms with Crippen molar-refractivity contribution in [3.63, 3.8) is 0 Å². The fourth-order valence-electron chi connectivity index (χ4n) is 6.62. The number of halogens is 9. The van der Waals surface area contributed by atoms with Gasteiger partial charge in [0.25, 0.3) is 5.91 Å². The van der Waals surface area contributed by atoms with Gasteiger partial charge in [0.05, 0.1) is 24.4 Å². The van der Waals surface area contributed by atoms with Gasteiger partial charge in [0.2, 0.25) is 5.88 Å². The normalized spacial score (nSPS) is 19.2. The van der Waals surface area contributed by atoms with Crippen molar-refractivity contribution in [1.82, 2.24) is 39.5 Å². The molecule has 2 saturated carbocycles. The second-order valence-electron chi connectivity index (χ2n) is 14.0. The van der Waals surface area contributed by atoms with E-state index in [2.05, 4.69) is 36.0 Å². The van der Waals surface area contributed by atoms with E-state index in [0.717, 1.165) is 54.0 Å². The molecule has 1 aliphatic heterocycles. The minimum Gasteiger partial charge on any atom is -0.475 e. The van der Waals surface area contributed by atoms with E-state index in [1.807, 2.05) is 23.1 Å². The van der Waals surface area contributed by atoms with Gasteiger partial charge in [-0.1, -0.05) is 0 Å². The second-order valence-corrected chi connectivity index (χ2v) is 14.0. The number of amides is 1. The summed E-state index contributed by atoms with van der Waals surface area (Å²) in [6.07, 6.45) is -3.26. The lowest BCUT2D eigenvalue weighted by molar-refractivity contribution is -0.193. The van der Waals surface area contributed by atoms with Crippen LogP contribution in [-0.2, 0) is 21.3 Å². The van der Waals surface area contributed by atoms with Crippen molar-refractivity contribution in [1.29, 1.82) is 5.26 Å². The minimum atomic E-state index is -5.08. The van der Waals surface area contributed by atoms with Crippen LogP contribution in [0, 0.1) is 11.3 Å². The number of ether oxygens (including phenoxy) is 1. The van der Waals surface area contributed by atoms with E-state index in [9.17, 15) is 49.6 Å². The molecule has 1 saturated heterocycles. The number of aliphatic carboxylic acids is 2. The summed E-state index contributed by atoms with van der Waals surface area (Å²) < 4.78 is 112. The standard InChI is InChI=1S/C31H32F3N9O2.2C2HF3O2/c1-41(21-2-3-21)29(44)19-12-25(31(32,33)34)40-26(13-19)45-23-6-4-22(5-7-23)42-16-30(17-42,9-10-35)43-15-20(14-39-43)27-24-8-11-36-28(24)38-18-37-27;2*3-2(4,5)1(6)7/h8,11-15,18,21-23H,2-7,9,16-17H2,1H3,(H,36,37,38);2*(H,6,7)/t22-,23+;;. The second kappa shape index (κ2) is 17.1. The Morgan fingerprint density at radius 3 is 2.12 bits per heavy atom. The summed E-state index contributed by atoms with van der Waals surface area (Å²) in [5.74, 6) is -6.15. The molecule has 0 atom stereocenters. The number of aromatic amines is 1. The summed E-state index contributed by atoms with van der Waals surface area (Å²) in [5.41, 5.74) is 0.716. The molecule has 0 spiro atoms. The highest BCUT2D eigenvalue weighted by atomic mass is 19.4. The number of nitrogens with zero attached hydrogens (tertiary/aromatic N) is 8. The number of nitriles is 1. The smallest absolute Gasteiger partial charge is 0.475 e. The number of H-pyrrole nitrogens is 1. The molecule has 318 valence electrons. The first kappa shape index (κ1) is 44.1.